The van der Waals surface area contributed by atoms with E-state index in [1.54, 1.807) is 31.4 Å². The minimum absolute atomic E-state index is 0.297. The molecule has 2 aromatic rings. The van der Waals surface area contributed by atoms with Gasteiger partial charge in [0, 0.05) is 12.7 Å². The Labute approximate surface area is 109 Å². The fourth-order valence-electron chi connectivity index (χ4n) is 1.35. The van der Waals surface area contributed by atoms with Crippen LogP contribution in [0.3, 0.4) is 0 Å². The molecule has 1 N–H and O–H groups in total. The number of tetrazole rings is 1. The first-order valence-corrected chi connectivity index (χ1v) is 5.56. The number of rotatable bonds is 6. The summed E-state index contributed by atoms with van der Waals surface area (Å²) < 4.78 is 6.29. The molecule has 1 aromatic carbocycles. The molecule has 0 radical (unpaired) electrons. The van der Waals surface area contributed by atoms with Crippen LogP contribution in [0.4, 0.5) is 0 Å². The molecule has 100 valence electrons. The van der Waals surface area contributed by atoms with Crippen molar-refractivity contribution >= 4 is 5.91 Å². The monoisotopic (exact) mass is 263 g/mol. The summed E-state index contributed by atoms with van der Waals surface area (Å²) in [5.74, 6) is -0.320. The SMILES string of the molecule is COCCONC(=O)c1ccc(-n2cnnn2)cc1. The van der Waals surface area contributed by atoms with Crippen LogP contribution in [0.1, 0.15) is 10.4 Å². The third-order valence-electron chi connectivity index (χ3n) is 2.30. The average molecular weight is 263 g/mol. The molecular weight excluding hydrogens is 250 g/mol. The number of benzene rings is 1. The summed E-state index contributed by atoms with van der Waals surface area (Å²) >= 11 is 0. The molecule has 0 spiro atoms. The molecule has 0 unspecified atom stereocenters. The summed E-state index contributed by atoms with van der Waals surface area (Å²) in [6.45, 7) is 0.712. The largest absolute Gasteiger partial charge is 0.382 e. The van der Waals surface area contributed by atoms with E-state index in [2.05, 4.69) is 21.0 Å². The predicted octanol–water partition coefficient (Wildman–Crippen LogP) is -0.0299. The van der Waals surface area contributed by atoms with E-state index >= 15 is 0 Å². The van der Waals surface area contributed by atoms with Crippen LogP contribution in [0, 0.1) is 0 Å². The van der Waals surface area contributed by atoms with Crippen LogP contribution in [0.2, 0.25) is 0 Å². The summed E-state index contributed by atoms with van der Waals surface area (Å²) in [6, 6.07) is 6.79. The van der Waals surface area contributed by atoms with Gasteiger partial charge in [0.15, 0.2) is 0 Å². The number of ether oxygens (including phenoxy) is 1. The highest BCUT2D eigenvalue weighted by molar-refractivity contribution is 5.93. The maximum Gasteiger partial charge on any atom is 0.274 e. The Morgan fingerprint density at radius 1 is 1.32 bits per heavy atom. The zero-order valence-electron chi connectivity index (χ0n) is 10.3. The molecule has 19 heavy (non-hydrogen) atoms. The number of hydrogen-bond donors (Lipinski definition) is 1. The number of hydrogen-bond acceptors (Lipinski definition) is 6. The van der Waals surface area contributed by atoms with Gasteiger partial charge in [0.05, 0.1) is 18.9 Å². The molecule has 0 saturated carbocycles. The van der Waals surface area contributed by atoms with Crippen molar-refractivity contribution in [3.63, 3.8) is 0 Å². The molecule has 8 heteroatoms. The second-order valence-electron chi connectivity index (χ2n) is 3.57. The van der Waals surface area contributed by atoms with E-state index in [4.69, 9.17) is 9.57 Å². The fourth-order valence-corrected chi connectivity index (χ4v) is 1.35. The van der Waals surface area contributed by atoms with Gasteiger partial charge in [-0.15, -0.1) is 5.10 Å². The summed E-state index contributed by atoms with van der Waals surface area (Å²) in [5, 5.41) is 10.8. The Morgan fingerprint density at radius 3 is 2.74 bits per heavy atom. The van der Waals surface area contributed by atoms with Crippen LogP contribution in [0.5, 0.6) is 0 Å². The van der Waals surface area contributed by atoms with Crippen LogP contribution in [0.15, 0.2) is 30.6 Å². The second-order valence-corrected chi connectivity index (χ2v) is 3.57. The predicted molar refractivity (Wildman–Crippen MR) is 64.4 cm³/mol. The van der Waals surface area contributed by atoms with Crippen LogP contribution >= 0.6 is 0 Å². The van der Waals surface area contributed by atoms with Crippen molar-refractivity contribution in [3.8, 4) is 5.69 Å². The average Bonchev–Trinajstić information content (AvgIpc) is 2.98. The first kappa shape index (κ1) is 13.1. The minimum atomic E-state index is -0.320. The molecule has 2 rings (SSSR count). The third-order valence-corrected chi connectivity index (χ3v) is 2.30. The van der Waals surface area contributed by atoms with Crippen molar-refractivity contribution in [3.05, 3.63) is 36.2 Å². The summed E-state index contributed by atoms with van der Waals surface area (Å²) in [6.07, 6.45) is 1.48. The molecule has 1 amide bonds. The van der Waals surface area contributed by atoms with Crippen molar-refractivity contribution in [2.45, 2.75) is 0 Å². The lowest BCUT2D eigenvalue weighted by Gasteiger charge is -2.06. The second kappa shape index (κ2) is 6.57. The van der Waals surface area contributed by atoms with E-state index in [-0.39, 0.29) is 5.91 Å². The van der Waals surface area contributed by atoms with E-state index < -0.39 is 0 Å². The lowest BCUT2D eigenvalue weighted by Crippen LogP contribution is -2.25. The van der Waals surface area contributed by atoms with Gasteiger partial charge < -0.3 is 4.74 Å². The molecule has 0 aliphatic heterocycles. The molecule has 1 heterocycles. The van der Waals surface area contributed by atoms with E-state index in [9.17, 15) is 4.79 Å². The maximum absolute atomic E-state index is 11.7. The Hall–Kier alpha value is -2.32. The van der Waals surface area contributed by atoms with Crippen molar-refractivity contribution in [1.82, 2.24) is 25.7 Å². The van der Waals surface area contributed by atoms with Crippen LogP contribution in [-0.4, -0.2) is 46.4 Å². The fraction of sp³-hybridized carbons (Fsp3) is 0.273. The van der Waals surface area contributed by atoms with Gasteiger partial charge in [-0.3, -0.25) is 9.63 Å². The van der Waals surface area contributed by atoms with E-state index in [1.165, 1.54) is 11.0 Å². The topological polar surface area (TPSA) is 91.2 Å². The van der Waals surface area contributed by atoms with Crippen molar-refractivity contribution in [2.24, 2.45) is 0 Å². The smallest absolute Gasteiger partial charge is 0.274 e. The van der Waals surface area contributed by atoms with Gasteiger partial charge in [0.1, 0.15) is 6.33 Å². The quantitative estimate of drug-likeness (QED) is 0.581. The number of aromatic nitrogens is 4. The lowest BCUT2D eigenvalue weighted by molar-refractivity contribution is 0.00889. The first-order chi connectivity index (χ1) is 9.31. The van der Waals surface area contributed by atoms with E-state index in [1.807, 2.05) is 0 Å². The Kier molecular flexibility index (Phi) is 4.54. The molecule has 0 aliphatic rings. The van der Waals surface area contributed by atoms with Gasteiger partial charge in [-0.25, -0.2) is 10.2 Å². The van der Waals surface area contributed by atoms with Gasteiger partial charge in [0.25, 0.3) is 5.91 Å². The highest BCUT2D eigenvalue weighted by Crippen LogP contribution is 2.07. The normalized spacial score (nSPS) is 10.4. The number of amides is 1. The molecule has 0 atom stereocenters. The summed E-state index contributed by atoms with van der Waals surface area (Å²) in [7, 11) is 1.56. The lowest BCUT2D eigenvalue weighted by atomic mass is 10.2. The standard InChI is InChI=1S/C11H13N5O3/c1-18-6-7-19-13-11(17)9-2-4-10(5-3-9)16-8-12-14-15-16/h2-5,8H,6-7H2,1H3,(H,13,17). The Balaban J connectivity index is 1.93. The minimum Gasteiger partial charge on any atom is -0.382 e. The number of nitrogens with zero attached hydrogens (tertiary/aromatic N) is 4. The molecule has 0 bridgehead atoms. The van der Waals surface area contributed by atoms with Crippen molar-refractivity contribution in [2.75, 3.05) is 20.3 Å². The van der Waals surface area contributed by atoms with Gasteiger partial charge in [-0.05, 0) is 34.7 Å². The number of nitrogens with one attached hydrogen (secondary N) is 1. The molecule has 8 nitrogen and oxygen atoms in total. The van der Waals surface area contributed by atoms with E-state index in [0.29, 0.717) is 18.8 Å². The number of carbonyl (C=O) groups excluding carboxylic acids is 1. The molecule has 0 fully saturated rings. The molecule has 0 aliphatic carbocycles. The van der Waals surface area contributed by atoms with Crippen molar-refractivity contribution < 1.29 is 14.4 Å². The number of methoxy groups -OCH3 is 1. The summed E-state index contributed by atoms with van der Waals surface area (Å²) in [5.41, 5.74) is 3.57. The van der Waals surface area contributed by atoms with Gasteiger partial charge in [0.2, 0.25) is 0 Å². The van der Waals surface area contributed by atoms with Crippen LogP contribution in [-0.2, 0) is 9.57 Å². The van der Waals surface area contributed by atoms with Gasteiger partial charge in [-0.1, -0.05) is 0 Å². The number of carbonyl (C=O) groups is 1. The van der Waals surface area contributed by atoms with Crippen molar-refractivity contribution in [1.29, 1.82) is 0 Å². The first-order valence-electron chi connectivity index (χ1n) is 5.56. The Morgan fingerprint density at radius 2 is 2.11 bits per heavy atom. The van der Waals surface area contributed by atoms with Crippen LogP contribution in [0.25, 0.3) is 5.69 Å². The number of hydroxylamine groups is 1. The van der Waals surface area contributed by atoms with Crippen LogP contribution < -0.4 is 5.48 Å². The molecular formula is C11H13N5O3. The zero-order chi connectivity index (χ0) is 13.5. The third kappa shape index (κ3) is 3.57. The highest BCUT2D eigenvalue weighted by atomic mass is 16.7. The summed E-state index contributed by atoms with van der Waals surface area (Å²) in [4.78, 5) is 16.6. The van der Waals surface area contributed by atoms with E-state index in [0.717, 1.165) is 5.69 Å². The molecule has 0 saturated heterocycles. The van der Waals surface area contributed by atoms with Gasteiger partial charge >= 0.3 is 0 Å². The van der Waals surface area contributed by atoms with Gasteiger partial charge in [-0.2, -0.15) is 0 Å². The Bertz CT molecular complexity index is 512. The maximum atomic E-state index is 11.7. The molecule has 1 aromatic heterocycles. The highest BCUT2D eigenvalue weighted by Gasteiger charge is 2.06. The zero-order valence-corrected chi connectivity index (χ0v) is 10.3.